The van der Waals surface area contributed by atoms with Crippen molar-refractivity contribution in [2.45, 2.75) is 32.6 Å². The third-order valence-electron chi connectivity index (χ3n) is 2.78. The molecule has 3 nitrogen and oxygen atoms in total. The highest BCUT2D eigenvalue weighted by Crippen LogP contribution is 2.19. The zero-order valence-corrected chi connectivity index (χ0v) is 9.29. The normalized spacial score (nSPS) is 23.4. The van der Waals surface area contributed by atoms with E-state index in [9.17, 15) is 4.79 Å². The minimum absolute atomic E-state index is 0.0410. The van der Waals surface area contributed by atoms with Crippen molar-refractivity contribution >= 4 is 5.97 Å². The highest BCUT2D eigenvalue weighted by Gasteiger charge is 2.18. The molecule has 0 aromatic heterocycles. The first-order chi connectivity index (χ1) is 6.72. The van der Waals surface area contributed by atoms with Gasteiger partial charge in [-0.2, -0.15) is 0 Å². The number of esters is 1. The van der Waals surface area contributed by atoms with Crippen molar-refractivity contribution in [2.24, 2.45) is 5.92 Å². The lowest BCUT2D eigenvalue weighted by Gasteiger charge is -2.29. The SMILES string of the molecule is CCOC(=O)CC[C@H]1CCCN(C)C1. The van der Waals surface area contributed by atoms with Crippen LogP contribution in [-0.2, 0) is 9.53 Å². The lowest BCUT2D eigenvalue weighted by Crippen LogP contribution is -2.32. The van der Waals surface area contributed by atoms with Gasteiger partial charge in [0, 0.05) is 13.0 Å². The Kier molecular flexibility index (Phi) is 4.94. The average Bonchev–Trinajstić information content (AvgIpc) is 2.15. The maximum atomic E-state index is 11.1. The molecule has 82 valence electrons. The topological polar surface area (TPSA) is 29.5 Å². The van der Waals surface area contributed by atoms with Crippen molar-refractivity contribution < 1.29 is 9.53 Å². The lowest BCUT2D eigenvalue weighted by molar-refractivity contribution is -0.143. The van der Waals surface area contributed by atoms with Gasteiger partial charge in [-0.3, -0.25) is 4.79 Å². The molecule has 0 unspecified atom stereocenters. The molecule has 0 spiro atoms. The van der Waals surface area contributed by atoms with Crippen LogP contribution >= 0.6 is 0 Å². The van der Waals surface area contributed by atoms with Crippen LogP contribution in [0.15, 0.2) is 0 Å². The number of carbonyl (C=O) groups is 1. The molecule has 0 aliphatic carbocycles. The van der Waals surface area contributed by atoms with Gasteiger partial charge in [0.1, 0.15) is 0 Å². The van der Waals surface area contributed by atoms with Gasteiger partial charge in [0.15, 0.2) is 0 Å². The summed E-state index contributed by atoms with van der Waals surface area (Å²) < 4.78 is 4.91. The van der Waals surface area contributed by atoms with Crippen LogP contribution in [0.3, 0.4) is 0 Å². The van der Waals surface area contributed by atoms with Crippen molar-refractivity contribution in [3.05, 3.63) is 0 Å². The van der Waals surface area contributed by atoms with E-state index in [1.807, 2.05) is 6.92 Å². The van der Waals surface area contributed by atoms with Crippen LogP contribution in [0.4, 0.5) is 0 Å². The largest absolute Gasteiger partial charge is 0.466 e. The predicted molar refractivity (Wildman–Crippen MR) is 56.1 cm³/mol. The monoisotopic (exact) mass is 199 g/mol. The number of likely N-dealkylation sites (tertiary alicyclic amines) is 1. The Bertz CT molecular complexity index is 182. The number of carbonyl (C=O) groups excluding carboxylic acids is 1. The van der Waals surface area contributed by atoms with E-state index in [2.05, 4.69) is 11.9 Å². The summed E-state index contributed by atoms with van der Waals surface area (Å²) in [4.78, 5) is 13.5. The fraction of sp³-hybridized carbons (Fsp3) is 0.909. The standard InChI is InChI=1S/C11H21NO2/c1-3-14-11(13)7-6-10-5-4-8-12(2)9-10/h10H,3-9H2,1-2H3/t10-/m1/s1. The van der Waals surface area contributed by atoms with Crippen molar-refractivity contribution in [3.8, 4) is 0 Å². The van der Waals surface area contributed by atoms with E-state index in [1.165, 1.54) is 19.4 Å². The molecule has 1 rings (SSSR count). The Morgan fingerprint density at radius 3 is 3.00 bits per heavy atom. The molecule has 3 heteroatoms. The van der Waals surface area contributed by atoms with Gasteiger partial charge in [-0.1, -0.05) is 0 Å². The van der Waals surface area contributed by atoms with Gasteiger partial charge in [0.2, 0.25) is 0 Å². The highest BCUT2D eigenvalue weighted by molar-refractivity contribution is 5.69. The molecule has 0 amide bonds. The summed E-state index contributed by atoms with van der Waals surface area (Å²) in [5.74, 6) is 0.652. The van der Waals surface area contributed by atoms with Gasteiger partial charge in [0.05, 0.1) is 6.61 Å². The zero-order valence-electron chi connectivity index (χ0n) is 9.29. The van der Waals surface area contributed by atoms with Crippen LogP contribution in [0, 0.1) is 5.92 Å². The zero-order chi connectivity index (χ0) is 10.4. The first-order valence-electron chi connectivity index (χ1n) is 5.56. The van der Waals surface area contributed by atoms with Crippen molar-refractivity contribution in [1.82, 2.24) is 4.90 Å². The van der Waals surface area contributed by atoms with Crippen LogP contribution in [0.2, 0.25) is 0 Å². The van der Waals surface area contributed by atoms with Crippen LogP contribution < -0.4 is 0 Å². The number of nitrogens with zero attached hydrogens (tertiary/aromatic N) is 1. The molecule has 1 heterocycles. The molecule has 0 aromatic rings. The van der Waals surface area contributed by atoms with Gasteiger partial charge in [-0.15, -0.1) is 0 Å². The van der Waals surface area contributed by atoms with Crippen LogP contribution in [-0.4, -0.2) is 37.6 Å². The van der Waals surface area contributed by atoms with Gasteiger partial charge >= 0.3 is 5.97 Å². The van der Waals surface area contributed by atoms with Crippen molar-refractivity contribution in [2.75, 3.05) is 26.7 Å². The van der Waals surface area contributed by atoms with Crippen LogP contribution in [0.5, 0.6) is 0 Å². The van der Waals surface area contributed by atoms with Crippen LogP contribution in [0.1, 0.15) is 32.6 Å². The molecule has 0 radical (unpaired) electrons. The van der Waals surface area contributed by atoms with E-state index in [0.29, 0.717) is 18.9 Å². The second-order valence-corrected chi connectivity index (χ2v) is 4.11. The number of ether oxygens (including phenoxy) is 1. The average molecular weight is 199 g/mol. The molecule has 0 N–H and O–H groups in total. The smallest absolute Gasteiger partial charge is 0.305 e. The molecular formula is C11H21NO2. The highest BCUT2D eigenvalue weighted by atomic mass is 16.5. The van der Waals surface area contributed by atoms with E-state index in [1.54, 1.807) is 0 Å². The second kappa shape index (κ2) is 6.02. The summed E-state index contributed by atoms with van der Waals surface area (Å²) in [5, 5.41) is 0. The molecule has 1 fully saturated rings. The molecule has 0 aromatic carbocycles. The van der Waals surface area contributed by atoms with E-state index in [-0.39, 0.29) is 5.97 Å². The first-order valence-corrected chi connectivity index (χ1v) is 5.56. The quantitative estimate of drug-likeness (QED) is 0.645. The van der Waals surface area contributed by atoms with Gasteiger partial charge < -0.3 is 9.64 Å². The molecular weight excluding hydrogens is 178 g/mol. The maximum Gasteiger partial charge on any atom is 0.305 e. The summed E-state index contributed by atoms with van der Waals surface area (Å²) in [7, 11) is 2.15. The van der Waals surface area contributed by atoms with Crippen molar-refractivity contribution in [1.29, 1.82) is 0 Å². The van der Waals surface area contributed by atoms with Crippen molar-refractivity contribution in [3.63, 3.8) is 0 Å². The van der Waals surface area contributed by atoms with E-state index in [4.69, 9.17) is 4.74 Å². The number of hydrogen-bond donors (Lipinski definition) is 0. The summed E-state index contributed by atoms with van der Waals surface area (Å²) in [5.41, 5.74) is 0. The summed E-state index contributed by atoms with van der Waals surface area (Å²) in [6.45, 7) is 4.70. The maximum absolute atomic E-state index is 11.1. The minimum atomic E-state index is -0.0410. The summed E-state index contributed by atoms with van der Waals surface area (Å²) in [6, 6.07) is 0. The van der Waals surface area contributed by atoms with E-state index < -0.39 is 0 Å². The number of rotatable bonds is 4. The third kappa shape index (κ3) is 4.09. The Balaban J connectivity index is 2.14. The molecule has 0 bridgehead atoms. The minimum Gasteiger partial charge on any atom is -0.466 e. The summed E-state index contributed by atoms with van der Waals surface area (Å²) >= 11 is 0. The van der Waals surface area contributed by atoms with E-state index in [0.717, 1.165) is 13.0 Å². The number of hydrogen-bond acceptors (Lipinski definition) is 3. The second-order valence-electron chi connectivity index (χ2n) is 4.11. The van der Waals surface area contributed by atoms with Crippen LogP contribution in [0.25, 0.3) is 0 Å². The first kappa shape index (κ1) is 11.5. The molecule has 14 heavy (non-hydrogen) atoms. The Labute approximate surface area is 86.4 Å². The molecule has 1 atom stereocenters. The Morgan fingerprint density at radius 2 is 2.36 bits per heavy atom. The fourth-order valence-corrected chi connectivity index (χ4v) is 2.06. The molecule has 1 aliphatic rings. The molecule has 1 aliphatic heterocycles. The Morgan fingerprint density at radius 1 is 1.57 bits per heavy atom. The van der Waals surface area contributed by atoms with Gasteiger partial charge in [0.25, 0.3) is 0 Å². The molecule has 0 saturated carbocycles. The predicted octanol–water partition coefficient (Wildman–Crippen LogP) is 1.67. The van der Waals surface area contributed by atoms with E-state index >= 15 is 0 Å². The van der Waals surface area contributed by atoms with Gasteiger partial charge in [-0.05, 0) is 45.7 Å². The summed E-state index contributed by atoms with van der Waals surface area (Å²) in [6.07, 6.45) is 4.11. The lowest BCUT2D eigenvalue weighted by atomic mass is 9.94. The van der Waals surface area contributed by atoms with Gasteiger partial charge in [-0.25, -0.2) is 0 Å². The number of piperidine rings is 1. The Hall–Kier alpha value is -0.570. The molecule has 1 saturated heterocycles. The third-order valence-corrected chi connectivity index (χ3v) is 2.78. The fourth-order valence-electron chi connectivity index (χ4n) is 2.06.